The van der Waals surface area contributed by atoms with Crippen molar-refractivity contribution in [2.24, 2.45) is 0 Å². The van der Waals surface area contributed by atoms with E-state index >= 15 is 0 Å². The van der Waals surface area contributed by atoms with E-state index in [1.807, 2.05) is 35.0 Å². The fourth-order valence-corrected chi connectivity index (χ4v) is 4.11. The van der Waals surface area contributed by atoms with Gasteiger partial charge in [0.2, 0.25) is 0 Å². The van der Waals surface area contributed by atoms with Crippen molar-refractivity contribution in [3.05, 3.63) is 71.1 Å². The second-order valence-corrected chi connectivity index (χ2v) is 7.92. The van der Waals surface area contributed by atoms with Crippen molar-refractivity contribution in [2.75, 3.05) is 19.0 Å². The van der Waals surface area contributed by atoms with Crippen molar-refractivity contribution in [3.8, 4) is 11.5 Å². The number of aliphatic hydroxyl groups excluding tert-OH is 1. The van der Waals surface area contributed by atoms with Gasteiger partial charge in [0.1, 0.15) is 23.3 Å². The van der Waals surface area contributed by atoms with Gasteiger partial charge in [0.25, 0.3) is 5.91 Å². The summed E-state index contributed by atoms with van der Waals surface area (Å²) in [6, 6.07) is 12.7. The van der Waals surface area contributed by atoms with Gasteiger partial charge in [-0.05, 0) is 35.9 Å². The predicted octanol–water partition coefficient (Wildman–Crippen LogP) is 4.20. The van der Waals surface area contributed by atoms with Crippen LogP contribution < -0.4 is 10.1 Å². The van der Waals surface area contributed by atoms with Crippen LogP contribution in [-0.4, -0.2) is 44.1 Å². The number of nitrogens with one attached hydrogen (secondary N) is 1. The number of hydrogen-bond donors (Lipinski definition) is 2. The lowest BCUT2D eigenvalue weighted by Crippen LogP contribution is -2.17. The summed E-state index contributed by atoms with van der Waals surface area (Å²) >= 11 is 6.51. The molecule has 1 aliphatic heterocycles. The molecular weight excluding hydrogens is 430 g/mol. The van der Waals surface area contributed by atoms with Gasteiger partial charge in [-0.3, -0.25) is 4.79 Å². The smallest absolute Gasteiger partial charge is 0.258 e. The van der Waals surface area contributed by atoms with E-state index in [0.717, 1.165) is 16.6 Å². The highest BCUT2D eigenvalue weighted by Gasteiger charge is 2.28. The molecule has 2 aromatic carbocycles. The van der Waals surface area contributed by atoms with Crippen LogP contribution in [0.5, 0.6) is 11.5 Å². The first kappa shape index (κ1) is 20.3. The second kappa shape index (κ2) is 8.14. The summed E-state index contributed by atoms with van der Waals surface area (Å²) in [5, 5.41) is 13.0. The number of hydrogen-bond acceptors (Lipinski definition) is 6. The first-order valence-corrected chi connectivity index (χ1v) is 10.5. The molecule has 0 fully saturated rings. The number of aromatic nitrogens is 3. The fourth-order valence-electron chi connectivity index (χ4n) is 3.89. The topological polar surface area (TPSA) is 92.5 Å². The summed E-state index contributed by atoms with van der Waals surface area (Å²) < 4.78 is 7.91. The summed E-state index contributed by atoms with van der Waals surface area (Å²) in [4.78, 5) is 22.8. The number of nitrogens with zero attached hydrogens (tertiary/aromatic N) is 4. The van der Waals surface area contributed by atoms with Gasteiger partial charge in [-0.2, -0.15) is 0 Å². The third-order valence-corrected chi connectivity index (χ3v) is 5.68. The number of benzene rings is 2. The maximum absolute atomic E-state index is 12.5. The minimum atomic E-state index is -0.0660. The summed E-state index contributed by atoms with van der Waals surface area (Å²) in [6.07, 6.45) is 3.35. The molecule has 8 nitrogen and oxygen atoms in total. The number of carbonyl (C=O) groups excluding carboxylic acids is 1. The Hall–Kier alpha value is -3.62. The third kappa shape index (κ3) is 3.53. The molecule has 0 aliphatic carbocycles. The lowest BCUT2D eigenvalue weighted by Gasteiger charge is -2.13. The molecule has 0 bridgehead atoms. The summed E-state index contributed by atoms with van der Waals surface area (Å²) in [6.45, 7) is 1.01. The van der Waals surface area contributed by atoms with Gasteiger partial charge in [-0.1, -0.05) is 23.7 Å². The fraction of sp³-hybridized carbons (Fsp3) is 0.174. The van der Waals surface area contributed by atoms with Crippen LogP contribution in [0.2, 0.25) is 5.02 Å². The first-order chi connectivity index (χ1) is 15.5. The van der Waals surface area contributed by atoms with Crippen LogP contribution >= 0.6 is 11.6 Å². The monoisotopic (exact) mass is 449 g/mol. The first-order valence-electron chi connectivity index (χ1n) is 10.1. The minimum absolute atomic E-state index is 0.0114. The number of amides is 1. The molecule has 9 heteroatoms. The van der Waals surface area contributed by atoms with Crippen LogP contribution in [0.4, 0.5) is 11.5 Å². The van der Waals surface area contributed by atoms with Crippen molar-refractivity contribution < 1.29 is 14.6 Å². The van der Waals surface area contributed by atoms with Gasteiger partial charge in [-0.15, -0.1) is 0 Å². The molecule has 0 saturated heterocycles. The molecule has 162 valence electrons. The van der Waals surface area contributed by atoms with Crippen LogP contribution in [0, 0.1) is 0 Å². The second-order valence-electron chi connectivity index (χ2n) is 7.51. The molecule has 2 aromatic heterocycles. The molecule has 1 aliphatic rings. The van der Waals surface area contributed by atoms with Crippen molar-refractivity contribution >= 4 is 40.0 Å². The third-order valence-electron chi connectivity index (χ3n) is 5.39. The highest BCUT2D eigenvalue weighted by molar-refractivity contribution is 6.32. The zero-order valence-corrected chi connectivity index (χ0v) is 18.0. The normalized spacial score (nSPS) is 13.0. The van der Waals surface area contributed by atoms with Crippen LogP contribution in [0.15, 0.2) is 55.0 Å². The Bertz CT molecular complexity index is 1340. The van der Waals surface area contributed by atoms with Gasteiger partial charge in [0.05, 0.1) is 22.7 Å². The molecule has 0 spiro atoms. The lowest BCUT2D eigenvalue weighted by molar-refractivity contribution is 0.0814. The molecule has 2 N–H and O–H groups in total. The number of rotatable bonds is 6. The van der Waals surface area contributed by atoms with Gasteiger partial charge < -0.3 is 24.6 Å². The van der Waals surface area contributed by atoms with Crippen molar-refractivity contribution in [3.63, 3.8) is 0 Å². The SMILES string of the molecule is CN1Cc2cccc(Oc3ccc(Nc4ncnc5ccn(CCO)c45)cc3Cl)c2C1=O. The van der Waals surface area contributed by atoms with Gasteiger partial charge >= 0.3 is 0 Å². The zero-order chi connectivity index (χ0) is 22.2. The van der Waals surface area contributed by atoms with E-state index in [1.54, 1.807) is 30.1 Å². The molecule has 0 saturated carbocycles. The van der Waals surface area contributed by atoms with E-state index in [0.29, 0.717) is 46.7 Å². The number of fused-ring (bicyclic) bond motifs is 2. The standard InChI is InChI=1S/C23H20ClN5O3/c1-28-12-14-3-2-4-19(20(14)23(28)31)32-18-6-5-15(11-16(18)24)27-22-21-17(25-13-26-22)7-8-29(21)9-10-30/h2-8,11,13,30H,9-10,12H2,1H3,(H,25,26,27). The maximum atomic E-state index is 12.5. The Morgan fingerprint density at radius 2 is 2.06 bits per heavy atom. The Balaban J connectivity index is 1.42. The van der Waals surface area contributed by atoms with Crippen LogP contribution in [0.3, 0.4) is 0 Å². The molecule has 0 atom stereocenters. The average molecular weight is 450 g/mol. The molecule has 32 heavy (non-hydrogen) atoms. The largest absolute Gasteiger partial charge is 0.455 e. The Labute approximate surface area is 189 Å². The van der Waals surface area contributed by atoms with E-state index in [1.165, 1.54) is 6.33 Å². The number of halogens is 1. The number of carbonyl (C=O) groups is 1. The number of aliphatic hydroxyl groups is 1. The maximum Gasteiger partial charge on any atom is 0.258 e. The molecule has 1 amide bonds. The van der Waals surface area contributed by atoms with E-state index in [2.05, 4.69) is 15.3 Å². The summed E-state index contributed by atoms with van der Waals surface area (Å²) in [7, 11) is 1.76. The zero-order valence-electron chi connectivity index (χ0n) is 17.2. The predicted molar refractivity (Wildman–Crippen MR) is 122 cm³/mol. The van der Waals surface area contributed by atoms with Crippen molar-refractivity contribution in [1.29, 1.82) is 0 Å². The summed E-state index contributed by atoms with van der Waals surface area (Å²) in [5.74, 6) is 1.47. The average Bonchev–Trinajstić information content (AvgIpc) is 3.32. The van der Waals surface area contributed by atoms with E-state index in [-0.39, 0.29) is 12.5 Å². The molecule has 5 rings (SSSR count). The Kier molecular flexibility index (Phi) is 5.16. The van der Waals surface area contributed by atoms with Crippen LogP contribution in [0.25, 0.3) is 11.0 Å². The van der Waals surface area contributed by atoms with Gasteiger partial charge in [-0.25, -0.2) is 9.97 Å². The van der Waals surface area contributed by atoms with E-state index < -0.39 is 0 Å². The van der Waals surface area contributed by atoms with Crippen LogP contribution in [0.1, 0.15) is 15.9 Å². The Morgan fingerprint density at radius 1 is 1.19 bits per heavy atom. The number of anilines is 2. The molecule has 0 radical (unpaired) electrons. The van der Waals surface area contributed by atoms with Gasteiger partial charge in [0.15, 0.2) is 5.82 Å². The Morgan fingerprint density at radius 3 is 2.88 bits per heavy atom. The minimum Gasteiger partial charge on any atom is -0.455 e. The van der Waals surface area contributed by atoms with E-state index in [4.69, 9.17) is 16.3 Å². The van der Waals surface area contributed by atoms with Crippen molar-refractivity contribution in [1.82, 2.24) is 19.4 Å². The molecule has 0 unspecified atom stereocenters. The molecule has 3 heterocycles. The molecule has 4 aromatic rings. The summed E-state index contributed by atoms with van der Waals surface area (Å²) in [5.41, 5.74) is 3.78. The number of ether oxygens (including phenoxy) is 1. The van der Waals surface area contributed by atoms with Crippen LogP contribution in [-0.2, 0) is 13.1 Å². The highest BCUT2D eigenvalue weighted by Crippen LogP contribution is 2.37. The lowest BCUT2D eigenvalue weighted by atomic mass is 10.1. The quantitative estimate of drug-likeness (QED) is 0.458. The molecular formula is C23H20ClN5O3. The van der Waals surface area contributed by atoms with Gasteiger partial charge in [0, 0.05) is 32.0 Å². The van der Waals surface area contributed by atoms with E-state index in [9.17, 15) is 9.90 Å². The highest BCUT2D eigenvalue weighted by atomic mass is 35.5. The van der Waals surface area contributed by atoms with Crippen molar-refractivity contribution in [2.45, 2.75) is 13.1 Å².